The number of aromatic nitrogens is 2. The van der Waals surface area contributed by atoms with Crippen molar-refractivity contribution in [2.24, 2.45) is 0 Å². The second-order valence-electron chi connectivity index (χ2n) is 6.36. The highest BCUT2D eigenvalue weighted by atomic mass is 32.2. The van der Waals surface area contributed by atoms with Gasteiger partial charge in [-0.25, -0.2) is 19.6 Å². The molecule has 3 rings (SSSR count). The summed E-state index contributed by atoms with van der Waals surface area (Å²) in [5, 5.41) is 6.06. The zero-order valence-corrected chi connectivity index (χ0v) is 18.4. The lowest BCUT2D eigenvalue weighted by Crippen LogP contribution is -2.43. The summed E-state index contributed by atoms with van der Waals surface area (Å²) in [6.07, 6.45) is 0.368. The molecular weight excluding hydrogens is 424 g/mol. The number of carbonyl (C=O) groups is 3. The number of hydrogen-bond donors (Lipinski definition) is 2. The maximum Gasteiger partial charge on any atom is 0.340 e. The van der Waals surface area contributed by atoms with Gasteiger partial charge in [-0.05, 0) is 38.5 Å². The van der Waals surface area contributed by atoms with Gasteiger partial charge in [0.15, 0.2) is 6.10 Å². The molecule has 0 bridgehead atoms. The first-order valence-corrected chi connectivity index (χ1v) is 10.7. The third kappa shape index (κ3) is 4.60. The van der Waals surface area contributed by atoms with Crippen LogP contribution in [-0.4, -0.2) is 41.0 Å². The topological polar surface area (TPSA) is 110 Å². The zero-order valence-electron chi connectivity index (χ0n) is 16.8. The Morgan fingerprint density at radius 2 is 1.90 bits per heavy atom. The number of aryl methyl sites for hydroxylation is 2. The van der Waals surface area contributed by atoms with E-state index in [0.717, 1.165) is 25.7 Å². The first kappa shape index (κ1) is 21.7. The smallest absolute Gasteiger partial charge is 0.340 e. The van der Waals surface area contributed by atoms with E-state index in [4.69, 9.17) is 4.74 Å². The van der Waals surface area contributed by atoms with Gasteiger partial charge in [0, 0.05) is 22.2 Å². The van der Waals surface area contributed by atoms with Gasteiger partial charge in [-0.3, -0.25) is 10.1 Å². The number of imide groups is 1. The Bertz CT molecular complexity index is 1130. The van der Waals surface area contributed by atoms with Crippen LogP contribution in [-0.2, 0) is 9.53 Å². The summed E-state index contributed by atoms with van der Waals surface area (Å²) in [6.45, 7) is 5.46. The fraction of sp³-hybridized carbons (Fsp3) is 0.250. The highest BCUT2D eigenvalue weighted by Crippen LogP contribution is 2.38. The summed E-state index contributed by atoms with van der Waals surface area (Å²) in [4.78, 5) is 47.4. The van der Waals surface area contributed by atoms with E-state index >= 15 is 0 Å². The maximum atomic E-state index is 12.7. The Labute approximate surface area is 181 Å². The van der Waals surface area contributed by atoms with Crippen molar-refractivity contribution in [3.05, 3.63) is 46.6 Å². The van der Waals surface area contributed by atoms with Crippen molar-refractivity contribution in [1.82, 2.24) is 20.6 Å². The minimum atomic E-state index is -1.14. The Hall–Kier alpha value is -2.98. The average molecular weight is 445 g/mol. The molecule has 0 saturated heterocycles. The standard InChI is InChI=1S/C20H20N4O4S2/c1-10-12(3)29-17-15(10)18(23-9-22-17)30-14-8-6-5-7-13(14)19(26)28-11(2)16(25)24-20(27)21-4/h5-9,11H,1-4H3,(H2,21,24,25,27). The predicted molar refractivity (Wildman–Crippen MR) is 115 cm³/mol. The van der Waals surface area contributed by atoms with Gasteiger partial charge in [-0.2, -0.15) is 0 Å². The van der Waals surface area contributed by atoms with Gasteiger partial charge in [0.2, 0.25) is 0 Å². The van der Waals surface area contributed by atoms with Crippen LogP contribution in [0.1, 0.15) is 27.7 Å². The van der Waals surface area contributed by atoms with E-state index in [2.05, 4.69) is 20.6 Å². The molecule has 3 amide bonds. The molecule has 8 nitrogen and oxygen atoms in total. The Morgan fingerprint density at radius 1 is 1.17 bits per heavy atom. The van der Waals surface area contributed by atoms with E-state index in [1.165, 1.54) is 32.1 Å². The number of rotatable bonds is 5. The number of nitrogens with zero attached hydrogens (tertiary/aromatic N) is 2. The third-order valence-electron chi connectivity index (χ3n) is 4.36. The largest absolute Gasteiger partial charge is 0.449 e. The van der Waals surface area contributed by atoms with Crippen LogP contribution in [0, 0.1) is 13.8 Å². The molecule has 2 heterocycles. The maximum absolute atomic E-state index is 12.7. The van der Waals surface area contributed by atoms with E-state index < -0.39 is 24.0 Å². The van der Waals surface area contributed by atoms with Crippen molar-refractivity contribution in [2.75, 3.05) is 7.05 Å². The molecule has 10 heteroatoms. The monoisotopic (exact) mass is 444 g/mol. The summed E-state index contributed by atoms with van der Waals surface area (Å²) in [5.41, 5.74) is 1.41. The van der Waals surface area contributed by atoms with Gasteiger partial charge >= 0.3 is 12.0 Å². The molecular formula is C20H20N4O4S2. The second kappa shape index (κ2) is 9.23. The number of ether oxygens (including phenoxy) is 1. The molecule has 2 aromatic heterocycles. The first-order chi connectivity index (χ1) is 14.3. The molecule has 30 heavy (non-hydrogen) atoms. The van der Waals surface area contributed by atoms with E-state index in [1.807, 2.05) is 19.9 Å². The van der Waals surface area contributed by atoms with Crippen molar-refractivity contribution in [1.29, 1.82) is 0 Å². The van der Waals surface area contributed by atoms with Crippen molar-refractivity contribution in [2.45, 2.75) is 36.8 Å². The third-order valence-corrected chi connectivity index (χ3v) is 6.56. The summed E-state index contributed by atoms with van der Waals surface area (Å²) in [6, 6.07) is 6.27. The quantitative estimate of drug-likeness (QED) is 0.458. The molecule has 156 valence electrons. The number of esters is 1. The van der Waals surface area contributed by atoms with Crippen LogP contribution < -0.4 is 10.6 Å². The fourth-order valence-corrected chi connectivity index (χ4v) is 4.74. The SMILES string of the molecule is CNC(=O)NC(=O)C(C)OC(=O)c1ccccc1Sc1ncnc2sc(C)c(C)c12. The van der Waals surface area contributed by atoms with E-state index in [1.54, 1.807) is 29.5 Å². The molecule has 0 aliphatic rings. The number of carbonyl (C=O) groups excluding carboxylic acids is 3. The molecule has 0 aliphatic carbocycles. The predicted octanol–water partition coefficient (Wildman–Crippen LogP) is 3.46. The number of amides is 3. The zero-order chi connectivity index (χ0) is 21.8. The minimum Gasteiger partial charge on any atom is -0.449 e. The number of thiophene rings is 1. The lowest BCUT2D eigenvalue weighted by atomic mass is 10.2. The van der Waals surface area contributed by atoms with Crippen molar-refractivity contribution in [3.8, 4) is 0 Å². The van der Waals surface area contributed by atoms with Crippen molar-refractivity contribution >= 4 is 51.2 Å². The van der Waals surface area contributed by atoms with E-state index in [-0.39, 0.29) is 0 Å². The number of nitrogens with one attached hydrogen (secondary N) is 2. The highest BCUT2D eigenvalue weighted by molar-refractivity contribution is 7.99. The van der Waals surface area contributed by atoms with Crippen molar-refractivity contribution < 1.29 is 19.1 Å². The molecule has 2 N–H and O–H groups in total. The van der Waals surface area contributed by atoms with E-state index in [0.29, 0.717) is 10.5 Å². The van der Waals surface area contributed by atoms with Crippen LogP contribution in [0.4, 0.5) is 4.79 Å². The minimum absolute atomic E-state index is 0.304. The molecule has 0 saturated carbocycles. The lowest BCUT2D eigenvalue weighted by Gasteiger charge is -2.14. The summed E-state index contributed by atoms with van der Waals surface area (Å²) in [7, 11) is 1.38. The molecule has 0 spiro atoms. The summed E-state index contributed by atoms with van der Waals surface area (Å²) in [5.74, 6) is -1.38. The average Bonchev–Trinajstić information content (AvgIpc) is 3.02. The molecule has 0 radical (unpaired) electrons. The number of urea groups is 1. The number of fused-ring (bicyclic) bond motifs is 1. The molecule has 0 aliphatic heterocycles. The van der Waals surface area contributed by atoms with Crippen LogP contribution in [0.2, 0.25) is 0 Å². The molecule has 3 aromatic rings. The van der Waals surface area contributed by atoms with Gasteiger partial charge in [-0.1, -0.05) is 23.9 Å². The van der Waals surface area contributed by atoms with Crippen LogP contribution in [0.3, 0.4) is 0 Å². The molecule has 0 fully saturated rings. The van der Waals surface area contributed by atoms with Gasteiger partial charge in [0.25, 0.3) is 5.91 Å². The van der Waals surface area contributed by atoms with Gasteiger partial charge < -0.3 is 10.1 Å². The molecule has 1 atom stereocenters. The summed E-state index contributed by atoms with van der Waals surface area (Å²) < 4.78 is 5.26. The van der Waals surface area contributed by atoms with E-state index in [9.17, 15) is 14.4 Å². The Balaban J connectivity index is 1.84. The number of benzene rings is 1. The van der Waals surface area contributed by atoms with Crippen molar-refractivity contribution in [3.63, 3.8) is 0 Å². The van der Waals surface area contributed by atoms with Crippen LogP contribution in [0.5, 0.6) is 0 Å². The second-order valence-corrected chi connectivity index (χ2v) is 8.59. The molecule has 1 aromatic carbocycles. The van der Waals surface area contributed by atoms with Crippen LogP contribution in [0.15, 0.2) is 40.5 Å². The normalized spacial score (nSPS) is 11.7. The highest BCUT2D eigenvalue weighted by Gasteiger charge is 2.23. The Kier molecular flexibility index (Phi) is 6.68. The molecule has 1 unspecified atom stereocenters. The number of hydrogen-bond acceptors (Lipinski definition) is 8. The van der Waals surface area contributed by atoms with Gasteiger partial charge in [-0.15, -0.1) is 11.3 Å². The summed E-state index contributed by atoms with van der Waals surface area (Å²) >= 11 is 2.94. The Morgan fingerprint density at radius 3 is 2.63 bits per heavy atom. The van der Waals surface area contributed by atoms with Gasteiger partial charge in [0.1, 0.15) is 16.2 Å². The fourth-order valence-electron chi connectivity index (χ4n) is 2.61. The van der Waals surface area contributed by atoms with Crippen LogP contribution >= 0.6 is 23.1 Å². The lowest BCUT2D eigenvalue weighted by molar-refractivity contribution is -0.127. The first-order valence-electron chi connectivity index (χ1n) is 9.03. The van der Waals surface area contributed by atoms with Crippen LogP contribution in [0.25, 0.3) is 10.2 Å². The van der Waals surface area contributed by atoms with Gasteiger partial charge in [0.05, 0.1) is 5.56 Å².